The third-order valence-corrected chi connectivity index (χ3v) is 15.1. The second-order valence-corrected chi connectivity index (χ2v) is 22.7. The Bertz CT molecular complexity index is 1250. The van der Waals surface area contributed by atoms with Gasteiger partial charge in [0.15, 0.2) is 6.10 Å². The van der Waals surface area contributed by atoms with Gasteiger partial charge in [0.2, 0.25) is 0 Å². The van der Waals surface area contributed by atoms with Gasteiger partial charge < -0.3 is 14.2 Å². The van der Waals surface area contributed by atoms with Crippen molar-refractivity contribution < 1.29 is 28.6 Å². The first-order chi connectivity index (χ1) is 37.0. The molecule has 0 rings (SSSR count). The molecule has 6 heteroatoms. The van der Waals surface area contributed by atoms with Crippen molar-refractivity contribution in [3.63, 3.8) is 0 Å². The molecule has 75 heavy (non-hydrogen) atoms. The normalized spacial score (nSPS) is 12.2. The number of carbonyl (C=O) groups excluding carboxylic acids is 3. The standard InChI is InChI=1S/C69H128O6/c1-4-7-10-13-16-18-20-22-24-25-26-27-28-29-30-31-32-33-34-35-36-37-38-39-40-41-42-43-45-46-48-50-53-56-59-62-68(71)74-65-66(64-73-67(70)61-58-55-52-15-12-9-6-3)75-69(72)63-60-57-54-51-49-47-44-23-21-19-17-14-11-8-5-2/h17,19,23,25-26,44,66H,4-16,18,20-22,24,27-43,45-65H2,1-3H3/b19-17-,26-25-,44-23-. The molecule has 0 aromatic rings. The minimum Gasteiger partial charge on any atom is -0.462 e. The van der Waals surface area contributed by atoms with Gasteiger partial charge in [-0.3, -0.25) is 14.4 Å². The molecule has 0 aliphatic carbocycles. The van der Waals surface area contributed by atoms with E-state index in [1.165, 1.54) is 244 Å². The molecular weight excluding hydrogens is 925 g/mol. The van der Waals surface area contributed by atoms with Crippen LogP contribution in [0.15, 0.2) is 36.5 Å². The molecule has 0 bridgehead atoms. The Hall–Kier alpha value is -2.37. The molecule has 0 heterocycles. The molecule has 0 radical (unpaired) electrons. The summed E-state index contributed by atoms with van der Waals surface area (Å²) in [5, 5.41) is 0. The van der Waals surface area contributed by atoms with Gasteiger partial charge in [-0.25, -0.2) is 0 Å². The molecule has 0 amide bonds. The van der Waals surface area contributed by atoms with Crippen molar-refractivity contribution in [1.82, 2.24) is 0 Å². The van der Waals surface area contributed by atoms with Gasteiger partial charge in [-0.05, 0) is 77.0 Å². The van der Waals surface area contributed by atoms with E-state index in [9.17, 15) is 14.4 Å². The maximum Gasteiger partial charge on any atom is 0.306 e. The third-order valence-electron chi connectivity index (χ3n) is 15.1. The predicted octanol–water partition coefficient (Wildman–Crippen LogP) is 22.8. The lowest BCUT2D eigenvalue weighted by atomic mass is 10.0. The van der Waals surface area contributed by atoms with Crippen LogP contribution in [0.5, 0.6) is 0 Å². The zero-order valence-corrected chi connectivity index (χ0v) is 50.6. The summed E-state index contributed by atoms with van der Waals surface area (Å²) in [6.45, 7) is 6.60. The molecule has 6 nitrogen and oxygen atoms in total. The van der Waals surface area contributed by atoms with E-state index in [1.54, 1.807) is 0 Å². The predicted molar refractivity (Wildman–Crippen MR) is 326 cm³/mol. The van der Waals surface area contributed by atoms with Gasteiger partial charge in [0.1, 0.15) is 13.2 Å². The van der Waals surface area contributed by atoms with Crippen molar-refractivity contribution in [2.75, 3.05) is 13.2 Å². The monoisotopic (exact) mass is 1050 g/mol. The van der Waals surface area contributed by atoms with Crippen LogP contribution < -0.4 is 0 Å². The van der Waals surface area contributed by atoms with Gasteiger partial charge in [-0.1, -0.05) is 308 Å². The van der Waals surface area contributed by atoms with Crippen molar-refractivity contribution in [1.29, 1.82) is 0 Å². The third kappa shape index (κ3) is 62.4. The van der Waals surface area contributed by atoms with E-state index in [1.807, 2.05) is 0 Å². The van der Waals surface area contributed by atoms with Crippen LogP contribution in [0.1, 0.15) is 367 Å². The fraction of sp³-hybridized carbons (Fsp3) is 0.870. The molecule has 1 unspecified atom stereocenters. The summed E-state index contributed by atoms with van der Waals surface area (Å²) in [5.41, 5.74) is 0. The Morgan fingerprint density at radius 1 is 0.267 bits per heavy atom. The van der Waals surface area contributed by atoms with Crippen LogP contribution in [-0.4, -0.2) is 37.2 Å². The van der Waals surface area contributed by atoms with Crippen LogP contribution in [0.4, 0.5) is 0 Å². The average Bonchev–Trinajstić information content (AvgIpc) is 3.41. The van der Waals surface area contributed by atoms with Crippen LogP contribution in [0, 0.1) is 0 Å². The molecular formula is C69H128O6. The Labute approximate surface area is 467 Å². The number of allylic oxidation sites excluding steroid dienone is 6. The zero-order valence-electron chi connectivity index (χ0n) is 50.6. The quantitative estimate of drug-likeness (QED) is 0.0261. The number of ether oxygens (including phenoxy) is 3. The number of hydrogen-bond donors (Lipinski definition) is 0. The molecule has 0 spiro atoms. The maximum absolute atomic E-state index is 12.8. The summed E-state index contributed by atoms with van der Waals surface area (Å²) in [6, 6.07) is 0. The Morgan fingerprint density at radius 2 is 0.480 bits per heavy atom. The van der Waals surface area contributed by atoms with Crippen molar-refractivity contribution in [2.45, 2.75) is 374 Å². The minimum absolute atomic E-state index is 0.0734. The summed E-state index contributed by atoms with van der Waals surface area (Å²) in [4.78, 5) is 38.0. The minimum atomic E-state index is -0.774. The van der Waals surface area contributed by atoms with Crippen molar-refractivity contribution in [3.8, 4) is 0 Å². The van der Waals surface area contributed by atoms with Gasteiger partial charge in [0.25, 0.3) is 0 Å². The highest BCUT2D eigenvalue weighted by Gasteiger charge is 2.19. The molecule has 0 aromatic heterocycles. The largest absolute Gasteiger partial charge is 0.462 e. The van der Waals surface area contributed by atoms with Gasteiger partial charge in [-0.2, -0.15) is 0 Å². The second-order valence-electron chi connectivity index (χ2n) is 22.7. The summed E-state index contributed by atoms with van der Waals surface area (Å²) in [5.74, 6) is -0.875. The highest BCUT2D eigenvalue weighted by Crippen LogP contribution is 2.18. The molecule has 0 aliphatic rings. The van der Waals surface area contributed by atoms with Gasteiger partial charge in [-0.15, -0.1) is 0 Å². The van der Waals surface area contributed by atoms with E-state index in [-0.39, 0.29) is 31.1 Å². The topological polar surface area (TPSA) is 78.9 Å². The fourth-order valence-electron chi connectivity index (χ4n) is 10.1. The zero-order chi connectivity index (χ0) is 54.3. The molecule has 440 valence electrons. The van der Waals surface area contributed by atoms with Crippen LogP contribution in [0.3, 0.4) is 0 Å². The number of hydrogen-bond acceptors (Lipinski definition) is 6. The average molecular weight is 1050 g/mol. The number of esters is 3. The van der Waals surface area contributed by atoms with Crippen LogP contribution >= 0.6 is 0 Å². The van der Waals surface area contributed by atoms with Gasteiger partial charge in [0.05, 0.1) is 0 Å². The summed E-state index contributed by atoms with van der Waals surface area (Å²) in [7, 11) is 0. The van der Waals surface area contributed by atoms with Crippen LogP contribution in [0.2, 0.25) is 0 Å². The number of unbranched alkanes of at least 4 members (excludes halogenated alkanes) is 45. The Balaban J connectivity index is 3.91. The maximum atomic E-state index is 12.8. The lowest BCUT2D eigenvalue weighted by Crippen LogP contribution is -2.30. The summed E-state index contributed by atoms with van der Waals surface area (Å²) < 4.78 is 16.8. The van der Waals surface area contributed by atoms with E-state index in [0.717, 1.165) is 83.5 Å². The SMILES string of the molecule is CCCCC/C=C\C/C=C\CCCCCCCC(=O)OC(COC(=O)CCCCCCCCC)COC(=O)CCCCCCCCCCCCCCCCCCCCCCCCC/C=C\CCCCCCCCCC. The van der Waals surface area contributed by atoms with Crippen molar-refractivity contribution >= 4 is 17.9 Å². The fourth-order valence-corrected chi connectivity index (χ4v) is 10.1. The first-order valence-corrected chi connectivity index (χ1v) is 33.5. The Morgan fingerprint density at radius 3 is 0.773 bits per heavy atom. The van der Waals surface area contributed by atoms with Crippen LogP contribution in [-0.2, 0) is 28.6 Å². The Kier molecular flexibility index (Phi) is 62.1. The molecule has 0 N–H and O–H groups in total. The van der Waals surface area contributed by atoms with E-state index in [4.69, 9.17) is 14.2 Å². The van der Waals surface area contributed by atoms with Gasteiger partial charge in [0, 0.05) is 19.3 Å². The lowest BCUT2D eigenvalue weighted by Gasteiger charge is -2.18. The molecule has 0 saturated carbocycles. The molecule has 0 saturated heterocycles. The molecule has 0 fully saturated rings. The van der Waals surface area contributed by atoms with E-state index < -0.39 is 6.10 Å². The molecule has 0 aromatic carbocycles. The molecule has 0 aliphatic heterocycles. The van der Waals surface area contributed by atoms with E-state index in [0.29, 0.717) is 19.3 Å². The first-order valence-electron chi connectivity index (χ1n) is 33.5. The second kappa shape index (κ2) is 64.2. The first kappa shape index (κ1) is 72.6. The van der Waals surface area contributed by atoms with E-state index >= 15 is 0 Å². The van der Waals surface area contributed by atoms with Crippen molar-refractivity contribution in [3.05, 3.63) is 36.5 Å². The number of carbonyl (C=O) groups is 3. The molecule has 1 atom stereocenters. The summed E-state index contributed by atoms with van der Waals surface area (Å²) >= 11 is 0. The van der Waals surface area contributed by atoms with E-state index in [2.05, 4.69) is 57.2 Å². The van der Waals surface area contributed by atoms with Crippen LogP contribution in [0.25, 0.3) is 0 Å². The highest BCUT2D eigenvalue weighted by atomic mass is 16.6. The van der Waals surface area contributed by atoms with Gasteiger partial charge >= 0.3 is 17.9 Å². The smallest absolute Gasteiger partial charge is 0.306 e. The van der Waals surface area contributed by atoms with Crippen molar-refractivity contribution in [2.24, 2.45) is 0 Å². The highest BCUT2D eigenvalue weighted by molar-refractivity contribution is 5.71. The summed E-state index contributed by atoms with van der Waals surface area (Å²) in [6.07, 6.45) is 79.3. The lowest BCUT2D eigenvalue weighted by molar-refractivity contribution is -0.167. The number of rotatable bonds is 62.